The summed E-state index contributed by atoms with van der Waals surface area (Å²) in [5, 5.41) is 11.8. The van der Waals surface area contributed by atoms with Crippen LogP contribution in [0.2, 0.25) is 0 Å². The number of hydrogen-bond acceptors (Lipinski definition) is 2. The number of carbonyl (C=O) groups excluding carboxylic acids is 1. The van der Waals surface area contributed by atoms with Crippen molar-refractivity contribution >= 4 is 12.0 Å². The largest absolute Gasteiger partial charge is 0.481 e. The van der Waals surface area contributed by atoms with Crippen LogP contribution in [0.1, 0.15) is 32.1 Å². The Bertz CT molecular complexity index is 346. The van der Waals surface area contributed by atoms with Gasteiger partial charge < -0.3 is 15.3 Å². The summed E-state index contributed by atoms with van der Waals surface area (Å²) in [5.41, 5.74) is 0. The van der Waals surface area contributed by atoms with Crippen molar-refractivity contribution in [3.05, 3.63) is 12.2 Å². The highest BCUT2D eigenvalue weighted by Crippen LogP contribution is 2.18. The molecule has 1 saturated heterocycles. The van der Waals surface area contributed by atoms with Crippen molar-refractivity contribution in [2.75, 3.05) is 13.1 Å². The molecule has 2 aliphatic rings. The first-order valence-electron chi connectivity index (χ1n) is 6.63. The van der Waals surface area contributed by atoms with E-state index in [1.165, 1.54) is 12.8 Å². The molecule has 0 aromatic rings. The number of rotatable bonds is 2. The van der Waals surface area contributed by atoms with E-state index in [0.717, 1.165) is 25.9 Å². The molecule has 5 heteroatoms. The van der Waals surface area contributed by atoms with Crippen molar-refractivity contribution < 1.29 is 14.7 Å². The van der Waals surface area contributed by atoms with Crippen LogP contribution < -0.4 is 5.32 Å². The van der Waals surface area contributed by atoms with Gasteiger partial charge in [-0.25, -0.2) is 4.79 Å². The standard InChI is InChI=1S/C13H20N2O3/c16-12(17)10-5-6-11(9-10)14-13(18)15-7-3-1-2-4-8-15/h5-6,10-11H,1-4,7-9H2,(H,14,18)(H,16,17). The third-order valence-electron chi connectivity index (χ3n) is 3.60. The van der Waals surface area contributed by atoms with Gasteiger partial charge in [-0.1, -0.05) is 25.0 Å². The molecule has 0 spiro atoms. The first-order valence-corrected chi connectivity index (χ1v) is 6.63. The third-order valence-corrected chi connectivity index (χ3v) is 3.60. The number of likely N-dealkylation sites (tertiary alicyclic amines) is 1. The lowest BCUT2D eigenvalue weighted by Gasteiger charge is -2.23. The molecule has 1 fully saturated rings. The number of carboxylic acids is 1. The van der Waals surface area contributed by atoms with Crippen LogP contribution in [0.25, 0.3) is 0 Å². The van der Waals surface area contributed by atoms with Gasteiger partial charge >= 0.3 is 12.0 Å². The molecular formula is C13H20N2O3. The minimum Gasteiger partial charge on any atom is -0.481 e. The first kappa shape index (κ1) is 12.9. The zero-order valence-corrected chi connectivity index (χ0v) is 10.5. The highest BCUT2D eigenvalue weighted by atomic mass is 16.4. The fourth-order valence-corrected chi connectivity index (χ4v) is 2.51. The second-order valence-electron chi connectivity index (χ2n) is 5.02. The number of carbonyl (C=O) groups is 2. The zero-order valence-electron chi connectivity index (χ0n) is 10.5. The van der Waals surface area contributed by atoms with Gasteiger partial charge in [-0.3, -0.25) is 4.79 Å². The Hall–Kier alpha value is -1.52. The van der Waals surface area contributed by atoms with Crippen molar-refractivity contribution in [1.82, 2.24) is 10.2 Å². The lowest BCUT2D eigenvalue weighted by atomic mass is 10.1. The second-order valence-corrected chi connectivity index (χ2v) is 5.02. The zero-order chi connectivity index (χ0) is 13.0. The van der Waals surface area contributed by atoms with Gasteiger partial charge in [0.25, 0.3) is 0 Å². The number of nitrogens with one attached hydrogen (secondary N) is 1. The van der Waals surface area contributed by atoms with Gasteiger partial charge in [0, 0.05) is 13.1 Å². The molecule has 0 aromatic heterocycles. The number of aliphatic carboxylic acids is 1. The van der Waals surface area contributed by atoms with Crippen molar-refractivity contribution in [3.63, 3.8) is 0 Å². The second kappa shape index (κ2) is 5.89. The monoisotopic (exact) mass is 252 g/mol. The molecule has 2 amide bonds. The summed E-state index contributed by atoms with van der Waals surface area (Å²) in [7, 11) is 0. The SMILES string of the molecule is O=C(O)C1C=CC(NC(=O)N2CCCCCC2)C1. The van der Waals surface area contributed by atoms with E-state index >= 15 is 0 Å². The molecule has 2 unspecified atom stereocenters. The Morgan fingerprint density at radius 2 is 1.78 bits per heavy atom. The summed E-state index contributed by atoms with van der Waals surface area (Å²) in [6.07, 6.45) is 8.42. The molecule has 1 heterocycles. The molecule has 5 nitrogen and oxygen atoms in total. The molecular weight excluding hydrogens is 232 g/mol. The quantitative estimate of drug-likeness (QED) is 0.733. The molecule has 0 aromatic carbocycles. The van der Waals surface area contributed by atoms with E-state index in [-0.39, 0.29) is 12.1 Å². The van der Waals surface area contributed by atoms with Crippen molar-refractivity contribution in [2.45, 2.75) is 38.1 Å². The Kier molecular flexibility index (Phi) is 4.23. The Morgan fingerprint density at radius 3 is 2.33 bits per heavy atom. The van der Waals surface area contributed by atoms with Crippen LogP contribution in [0.3, 0.4) is 0 Å². The number of hydrogen-bond donors (Lipinski definition) is 2. The smallest absolute Gasteiger partial charge is 0.317 e. The third kappa shape index (κ3) is 3.24. The summed E-state index contributed by atoms with van der Waals surface area (Å²) in [4.78, 5) is 24.7. The van der Waals surface area contributed by atoms with Crippen LogP contribution in [0.4, 0.5) is 4.79 Å². The van der Waals surface area contributed by atoms with Crippen LogP contribution >= 0.6 is 0 Å². The lowest BCUT2D eigenvalue weighted by molar-refractivity contribution is -0.140. The lowest BCUT2D eigenvalue weighted by Crippen LogP contribution is -2.44. The maximum absolute atomic E-state index is 12.0. The van der Waals surface area contributed by atoms with E-state index in [2.05, 4.69) is 5.32 Å². The van der Waals surface area contributed by atoms with Gasteiger partial charge in [-0.2, -0.15) is 0 Å². The van der Waals surface area contributed by atoms with Crippen molar-refractivity contribution in [1.29, 1.82) is 0 Å². The summed E-state index contributed by atoms with van der Waals surface area (Å²) in [6.45, 7) is 1.62. The molecule has 1 aliphatic heterocycles. The Labute approximate surface area is 107 Å². The Balaban J connectivity index is 1.81. The summed E-state index contributed by atoms with van der Waals surface area (Å²) in [5.74, 6) is -1.28. The molecule has 1 aliphatic carbocycles. The van der Waals surface area contributed by atoms with Gasteiger partial charge in [-0.15, -0.1) is 0 Å². The molecule has 0 bridgehead atoms. The van der Waals surface area contributed by atoms with Gasteiger partial charge in [0.1, 0.15) is 0 Å². The molecule has 2 N–H and O–H groups in total. The van der Waals surface area contributed by atoms with Crippen LogP contribution in [-0.2, 0) is 4.79 Å². The fourth-order valence-electron chi connectivity index (χ4n) is 2.51. The van der Waals surface area contributed by atoms with E-state index < -0.39 is 11.9 Å². The van der Waals surface area contributed by atoms with Crippen LogP contribution in [0.15, 0.2) is 12.2 Å². The van der Waals surface area contributed by atoms with Gasteiger partial charge in [0.15, 0.2) is 0 Å². The predicted molar refractivity (Wildman–Crippen MR) is 67.2 cm³/mol. The average Bonchev–Trinajstić information content (AvgIpc) is 2.64. The number of carboxylic acid groups (broad SMARTS) is 1. The van der Waals surface area contributed by atoms with Gasteiger partial charge in [0.2, 0.25) is 0 Å². The van der Waals surface area contributed by atoms with E-state index in [4.69, 9.17) is 5.11 Å². The summed E-state index contributed by atoms with van der Waals surface area (Å²) in [6, 6.07) is -0.195. The predicted octanol–water partition coefficient (Wildman–Crippen LogP) is 1.60. The van der Waals surface area contributed by atoms with E-state index in [1.54, 1.807) is 12.2 Å². The maximum Gasteiger partial charge on any atom is 0.317 e. The minimum absolute atomic E-state index is 0.0578. The van der Waals surface area contributed by atoms with E-state index in [1.807, 2.05) is 4.90 Å². The minimum atomic E-state index is -0.822. The molecule has 0 saturated carbocycles. The van der Waals surface area contributed by atoms with Crippen molar-refractivity contribution in [2.24, 2.45) is 5.92 Å². The number of amides is 2. The Morgan fingerprint density at radius 1 is 1.11 bits per heavy atom. The molecule has 2 rings (SSSR count). The fraction of sp³-hybridized carbons (Fsp3) is 0.692. The average molecular weight is 252 g/mol. The molecule has 0 radical (unpaired) electrons. The van der Waals surface area contributed by atoms with E-state index in [9.17, 15) is 9.59 Å². The molecule has 18 heavy (non-hydrogen) atoms. The maximum atomic E-state index is 12.0. The first-order chi connectivity index (χ1) is 8.66. The topological polar surface area (TPSA) is 69.6 Å². The summed E-state index contributed by atoms with van der Waals surface area (Å²) < 4.78 is 0. The molecule has 2 atom stereocenters. The summed E-state index contributed by atoms with van der Waals surface area (Å²) >= 11 is 0. The van der Waals surface area contributed by atoms with Gasteiger partial charge in [-0.05, 0) is 19.3 Å². The van der Waals surface area contributed by atoms with Crippen molar-refractivity contribution in [3.8, 4) is 0 Å². The van der Waals surface area contributed by atoms with Crippen LogP contribution in [0, 0.1) is 5.92 Å². The highest BCUT2D eigenvalue weighted by Gasteiger charge is 2.26. The number of nitrogens with zero attached hydrogens (tertiary/aromatic N) is 1. The normalized spacial score (nSPS) is 27.9. The van der Waals surface area contributed by atoms with E-state index in [0.29, 0.717) is 6.42 Å². The highest BCUT2D eigenvalue weighted by molar-refractivity contribution is 5.76. The van der Waals surface area contributed by atoms with Crippen LogP contribution in [-0.4, -0.2) is 41.1 Å². The molecule has 100 valence electrons. The van der Waals surface area contributed by atoms with Crippen LogP contribution in [0.5, 0.6) is 0 Å². The van der Waals surface area contributed by atoms with Gasteiger partial charge in [0.05, 0.1) is 12.0 Å². The number of urea groups is 1.